The maximum atomic E-state index is 12.3. The minimum absolute atomic E-state index is 0.0203. The Balaban J connectivity index is 1.95. The number of carbonyl (C=O) groups is 1. The lowest BCUT2D eigenvalue weighted by Gasteiger charge is -2.26. The first-order valence-corrected chi connectivity index (χ1v) is 7.30. The maximum absolute atomic E-state index is 12.3. The number of methoxy groups -OCH3 is 1. The predicted molar refractivity (Wildman–Crippen MR) is 81.4 cm³/mol. The highest BCUT2D eigenvalue weighted by Gasteiger charge is 2.20. The van der Waals surface area contributed by atoms with Crippen molar-refractivity contribution in [2.24, 2.45) is 0 Å². The van der Waals surface area contributed by atoms with Crippen molar-refractivity contribution in [2.45, 2.75) is 26.0 Å². The van der Waals surface area contributed by atoms with Gasteiger partial charge < -0.3 is 19.7 Å². The molecule has 5 heteroatoms. The van der Waals surface area contributed by atoms with E-state index in [0.29, 0.717) is 19.6 Å². The predicted octanol–water partition coefficient (Wildman–Crippen LogP) is 1.34. The molecule has 21 heavy (non-hydrogen) atoms. The molecule has 1 unspecified atom stereocenters. The van der Waals surface area contributed by atoms with Crippen LogP contribution in [0, 0.1) is 6.92 Å². The number of hydrogen-bond acceptors (Lipinski definition) is 4. The molecule has 1 saturated heterocycles. The second kappa shape index (κ2) is 7.43. The van der Waals surface area contributed by atoms with E-state index in [2.05, 4.69) is 11.4 Å². The van der Waals surface area contributed by atoms with E-state index in [1.807, 2.05) is 26.1 Å². The summed E-state index contributed by atoms with van der Waals surface area (Å²) in [6.45, 7) is 4.86. The Kier molecular flexibility index (Phi) is 5.59. The highest BCUT2D eigenvalue weighted by atomic mass is 16.5. The molecule has 5 nitrogen and oxygen atoms in total. The summed E-state index contributed by atoms with van der Waals surface area (Å²) in [5, 5.41) is 3.24. The Morgan fingerprint density at radius 3 is 3.00 bits per heavy atom. The molecule has 116 valence electrons. The molecule has 0 bridgehead atoms. The van der Waals surface area contributed by atoms with Crippen LogP contribution in [0.4, 0.5) is 0 Å². The van der Waals surface area contributed by atoms with E-state index in [1.54, 1.807) is 12.0 Å². The zero-order valence-electron chi connectivity index (χ0n) is 13.0. The van der Waals surface area contributed by atoms with Crippen molar-refractivity contribution in [3.8, 4) is 5.75 Å². The van der Waals surface area contributed by atoms with Gasteiger partial charge in [-0.25, -0.2) is 0 Å². The third kappa shape index (κ3) is 4.44. The molecule has 0 saturated carbocycles. The van der Waals surface area contributed by atoms with Crippen LogP contribution in [0.25, 0.3) is 0 Å². The van der Waals surface area contributed by atoms with Gasteiger partial charge in [-0.05, 0) is 13.0 Å². The Morgan fingerprint density at radius 2 is 2.33 bits per heavy atom. The molecule has 1 atom stereocenters. The maximum Gasteiger partial charge on any atom is 0.225 e. The van der Waals surface area contributed by atoms with E-state index in [9.17, 15) is 4.79 Å². The summed E-state index contributed by atoms with van der Waals surface area (Å²) in [7, 11) is 3.47. The van der Waals surface area contributed by atoms with Crippen molar-refractivity contribution in [3.63, 3.8) is 0 Å². The smallest absolute Gasteiger partial charge is 0.225 e. The Morgan fingerprint density at radius 1 is 1.52 bits per heavy atom. The van der Waals surface area contributed by atoms with Gasteiger partial charge in [0.2, 0.25) is 5.91 Å². The third-order valence-electron chi connectivity index (χ3n) is 3.68. The highest BCUT2D eigenvalue weighted by molar-refractivity contribution is 5.76. The topological polar surface area (TPSA) is 50.8 Å². The van der Waals surface area contributed by atoms with Crippen LogP contribution >= 0.6 is 0 Å². The molecule has 1 aliphatic rings. The number of ether oxygens (including phenoxy) is 2. The van der Waals surface area contributed by atoms with E-state index in [1.165, 1.54) is 0 Å². The number of amides is 1. The van der Waals surface area contributed by atoms with E-state index >= 15 is 0 Å². The van der Waals surface area contributed by atoms with Gasteiger partial charge in [0.25, 0.3) is 0 Å². The quantitative estimate of drug-likeness (QED) is 0.890. The third-order valence-corrected chi connectivity index (χ3v) is 3.68. The zero-order chi connectivity index (χ0) is 15.2. The molecule has 1 aromatic carbocycles. The van der Waals surface area contributed by atoms with E-state index in [-0.39, 0.29) is 12.0 Å². The second-order valence-corrected chi connectivity index (χ2v) is 5.47. The van der Waals surface area contributed by atoms with Crippen molar-refractivity contribution >= 4 is 5.91 Å². The first kappa shape index (κ1) is 15.8. The van der Waals surface area contributed by atoms with Crippen LogP contribution in [0.5, 0.6) is 5.75 Å². The van der Waals surface area contributed by atoms with E-state index < -0.39 is 0 Å². The normalized spacial score (nSPS) is 18.3. The van der Waals surface area contributed by atoms with Gasteiger partial charge in [-0.2, -0.15) is 0 Å². The first-order valence-electron chi connectivity index (χ1n) is 7.30. The van der Waals surface area contributed by atoms with E-state index in [4.69, 9.17) is 9.47 Å². The van der Waals surface area contributed by atoms with Crippen LogP contribution in [0.1, 0.15) is 17.5 Å². The molecule has 1 aromatic rings. The fraction of sp³-hybridized carbons (Fsp3) is 0.562. The van der Waals surface area contributed by atoms with Gasteiger partial charge in [-0.15, -0.1) is 0 Å². The second-order valence-electron chi connectivity index (χ2n) is 5.47. The molecule has 1 heterocycles. The lowest BCUT2D eigenvalue weighted by Crippen LogP contribution is -2.41. The van der Waals surface area contributed by atoms with Crippen molar-refractivity contribution in [1.29, 1.82) is 0 Å². The molecule has 1 amide bonds. The molecular formula is C16H24N2O3. The SMILES string of the molecule is COc1ccc(C)cc1CN(C)C(=O)CC1CNCCO1. The molecule has 0 radical (unpaired) electrons. The Bertz CT molecular complexity index is 484. The van der Waals surface area contributed by atoms with Crippen LogP contribution in [-0.4, -0.2) is 50.8 Å². The average molecular weight is 292 g/mol. The number of nitrogens with zero attached hydrogens (tertiary/aromatic N) is 1. The largest absolute Gasteiger partial charge is 0.496 e. The van der Waals surface area contributed by atoms with Crippen LogP contribution in [0.3, 0.4) is 0 Å². The molecule has 0 aromatic heterocycles. The van der Waals surface area contributed by atoms with Crippen molar-refractivity contribution in [3.05, 3.63) is 29.3 Å². The molecule has 1 aliphatic heterocycles. The lowest BCUT2D eigenvalue weighted by atomic mass is 10.1. The fourth-order valence-corrected chi connectivity index (χ4v) is 2.48. The Labute approximate surface area is 126 Å². The summed E-state index contributed by atoms with van der Waals surface area (Å²) in [6, 6.07) is 6.00. The van der Waals surface area contributed by atoms with E-state index in [0.717, 1.165) is 30.0 Å². The molecular weight excluding hydrogens is 268 g/mol. The number of aryl methyl sites for hydroxylation is 1. The van der Waals surface area contributed by atoms with Crippen molar-refractivity contribution in [2.75, 3.05) is 33.9 Å². The minimum atomic E-state index is -0.0203. The lowest BCUT2D eigenvalue weighted by molar-refractivity contribution is -0.134. The number of hydrogen-bond donors (Lipinski definition) is 1. The van der Waals surface area contributed by atoms with Gasteiger partial charge in [0, 0.05) is 32.2 Å². The number of nitrogens with one attached hydrogen (secondary N) is 1. The summed E-state index contributed by atoms with van der Waals surface area (Å²) >= 11 is 0. The molecule has 0 spiro atoms. The number of carbonyl (C=O) groups excluding carboxylic acids is 1. The monoisotopic (exact) mass is 292 g/mol. The number of rotatable bonds is 5. The van der Waals surface area contributed by atoms with Gasteiger partial charge in [-0.3, -0.25) is 4.79 Å². The van der Waals surface area contributed by atoms with Gasteiger partial charge in [0.1, 0.15) is 5.75 Å². The van der Waals surface area contributed by atoms with Gasteiger partial charge >= 0.3 is 0 Å². The number of morpholine rings is 1. The van der Waals surface area contributed by atoms with Crippen LogP contribution in [0.15, 0.2) is 18.2 Å². The van der Waals surface area contributed by atoms with Gasteiger partial charge in [-0.1, -0.05) is 17.7 Å². The summed E-state index contributed by atoms with van der Waals surface area (Å²) in [5.74, 6) is 0.906. The standard InChI is InChI=1S/C16H24N2O3/c1-12-4-5-15(20-3)13(8-12)11-18(2)16(19)9-14-10-17-6-7-21-14/h4-5,8,14,17H,6-7,9-11H2,1-3H3. The molecule has 1 N–H and O–H groups in total. The average Bonchev–Trinajstić information content (AvgIpc) is 2.48. The van der Waals surface area contributed by atoms with Crippen molar-refractivity contribution < 1.29 is 14.3 Å². The van der Waals surface area contributed by atoms with Crippen LogP contribution < -0.4 is 10.1 Å². The molecule has 0 aliphatic carbocycles. The number of benzene rings is 1. The van der Waals surface area contributed by atoms with Crippen LogP contribution in [0.2, 0.25) is 0 Å². The minimum Gasteiger partial charge on any atom is -0.496 e. The summed E-state index contributed by atoms with van der Waals surface area (Å²) < 4.78 is 10.9. The highest BCUT2D eigenvalue weighted by Crippen LogP contribution is 2.21. The summed E-state index contributed by atoms with van der Waals surface area (Å²) in [6.07, 6.45) is 0.394. The molecule has 1 fully saturated rings. The summed E-state index contributed by atoms with van der Waals surface area (Å²) in [5.41, 5.74) is 2.18. The fourth-order valence-electron chi connectivity index (χ4n) is 2.48. The van der Waals surface area contributed by atoms with Crippen molar-refractivity contribution in [1.82, 2.24) is 10.2 Å². The first-order chi connectivity index (χ1) is 10.1. The molecule has 2 rings (SSSR count). The van der Waals surface area contributed by atoms with Gasteiger partial charge in [0.05, 0.1) is 26.2 Å². The Hall–Kier alpha value is -1.59. The van der Waals surface area contributed by atoms with Crippen LogP contribution in [-0.2, 0) is 16.1 Å². The summed E-state index contributed by atoms with van der Waals surface area (Å²) in [4.78, 5) is 14.0. The zero-order valence-corrected chi connectivity index (χ0v) is 13.0. The van der Waals surface area contributed by atoms with Gasteiger partial charge in [0.15, 0.2) is 0 Å².